The number of hydrogen-bond donors (Lipinski definition) is 0. The van der Waals surface area contributed by atoms with Gasteiger partial charge in [-0.15, -0.1) is 0 Å². The van der Waals surface area contributed by atoms with E-state index in [0.717, 1.165) is 0 Å². The summed E-state index contributed by atoms with van der Waals surface area (Å²) in [6.07, 6.45) is 2.23. The number of nitriles is 1. The molecule has 7 heteroatoms. The zero-order valence-electron chi connectivity index (χ0n) is 11.9. The minimum absolute atomic E-state index is 0.00876. The number of rotatable bonds is 5. The van der Waals surface area contributed by atoms with Crippen molar-refractivity contribution in [2.45, 2.75) is 26.8 Å². The van der Waals surface area contributed by atoms with Gasteiger partial charge in [-0.1, -0.05) is 12.1 Å². The minimum atomic E-state index is -0.448. The van der Waals surface area contributed by atoms with Crippen LogP contribution in [0.1, 0.15) is 20.3 Å². The second-order valence-corrected chi connectivity index (χ2v) is 5.38. The molecule has 2 rings (SSSR count). The molecule has 0 aliphatic rings. The van der Waals surface area contributed by atoms with Gasteiger partial charge in [0.25, 0.3) is 5.69 Å². The number of non-ortho nitro benzene ring substituents is 1. The van der Waals surface area contributed by atoms with Crippen LogP contribution < -0.4 is 0 Å². The van der Waals surface area contributed by atoms with Gasteiger partial charge in [0.2, 0.25) is 0 Å². The van der Waals surface area contributed by atoms with E-state index in [1.165, 1.54) is 12.1 Å². The van der Waals surface area contributed by atoms with Crippen LogP contribution in [0.15, 0.2) is 30.6 Å². The fourth-order valence-corrected chi connectivity index (χ4v) is 1.74. The zero-order chi connectivity index (χ0) is 15.5. The molecule has 0 N–H and O–H groups in total. The third kappa shape index (κ3) is 3.63. The Kier molecular flexibility index (Phi) is 3.98. The molecule has 0 bridgehead atoms. The maximum atomic E-state index is 10.8. The Morgan fingerprint density at radius 3 is 2.90 bits per heavy atom. The van der Waals surface area contributed by atoms with Gasteiger partial charge in [0.15, 0.2) is 5.82 Å². The SMILES string of the molecule is CC(C)(C#N)CCn1cnc(-c2cccc([N+](=O)[O-])c2)n1. The molecule has 0 spiro atoms. The molecule has 1 aromatic carbocycles. The van der Waals surface area contributed by atoms with Gasteiger partial charge >= 0.3 is 0 Å². The third-order valence-corrected chi connectivity index (χ3v) is 3.12. The van der Waals surface area contributed by atoms with Crippen molar-refractivity contribution >= 4 is 5.69 Å². The van der Waals surface area contributed by atoms with Crippen molar-refractivity contribution in [3.63, 3.8) is 0 Å². The maximum absolute atomic E-state index is 10.8. The van der Waals surface area contributed by atoms with Crippen LogP contribution in [0.25, 0.3) is 11.4 Å². The quantitative estimate of drug-likeness (QED) is 0.621. The summed E-state index contributed by atoms with van der Waals surface area (Å²) >= 11 is 0. The van der Waals surface area contributed by atoms with Crippen LogP contribution in [0, 0.1) is 26.9 Å². The van der Waals surface area contributed by atoms with Crippen molar-refractivity contribution in [2.75, 3.05) is 0 Å². The number of aryl methyl sites for hydroxylation is 1. The lowest BCUT2D eigenvalue weighted by Gasteiger charge is -2.13. The Morgan fingerprint density at radius 1 is 1.48 bits per heavy atom. The molecule has 21 heavy (non-hydrogen) atoms. The molecule has 108 valence electrons. The number of nitro groups is 1. The highest BCUT2D eigenvalue weighted by Crippen LogP contribution is 2.22. The molecule has 0 aliphatic heterocycles. The maximum Gasteiger partial charge on any atom is 0.270 e. The van der Waals surface area contributed by atoms with Crippen LogP contribution in [0.4, 0.5) is 5.69 Å². The van der Waals surface area contributed by atoms with Crippen LogP contribution >= 0.6 is 0 Å². The third-order valence-electron chi connectivity index (χ3n) is 3.12. The Bertz CT molecular complexity index is 699. The lowest BCUT2D eigenvalue weighted by atomic mass is 9.92. The minimum Gasteiger partial charge on any atom is -0.258 e. The van der Waals surface area contributed by atoms with E-state index in [1.54, 1.807) is 23.1 Å². The smallest absolute Gasteiger partial charge is 0.258 e. The van der Waals surface area contributed by atoms with Crippen LogP contribution in [-0.4, -0.2) is 19.7 Å². The van der Waals surface area contributed by atoms with Crippen LogP contribution in [0.2, 0.25) is 0 Å². The van der Waals surface area contributed by atoms with Crippen molar-refractivity contribution < 1.29 is 4.92 Å². The average Bonchev–Trinajstić information content (AvgIpc) is 2.94. The predicted octanol–water partition coefficient (Wildman–Crippen LogP) is 2.79. The lowest BCUT2D eigenvalue weighted by Crippen LogP contribution is -2.12. The summed E-state index contributed by atoms with van der Waals surface area (Å²) in [5.41, 5.74) is 0.189. The molecular formula is C14H15N5O2. The first kappa shape index (κ1) is 14.7. The highest BCUT2D eigenvalue weighted by molar-refractivity contribution is 5.58. The fourth-order valence-electron chi connectivity index (χ4n) is 1.74. The van der Waals surface area contributed by atoms with Gasteiger partial charge in [0.1, 0.15) is 6.33 Å². The van der Waals surface area contributed by atoms with Gasteiger partial charge < -0.3 is 0 Å². The number of nitrogens with zero attached hydrogens (tertiary/aromatic N) is 5. The number of aromatic nitrogens is 3. The molecule has 0 aliphatic carbocycles. The van der Waals surface area contributed by atoms with Crippen LogP contribution in [0.3, 0.4) is 0 Å². The van der Waals surface area contributed by atoms with Crippen molar-refractivity contribution in [1.29, 1.82) is 5.26 Å². The van der Waals surface area contributed by atoms with E-state index in [4.69, 9.17) is 5.26 Å². The molecular weight excluding hydrogens is 270 g/mol. The van der Waals surface area contributed by atoms with E-state index in [1.807, 2.05) is 13.8 Å². The van der Waals surface area contributed by atoms with Gasteiger partial charge in [-0.05, 0) is 20.3 Å². The summed E-state index contributed by atoms with van der Waals surface area (Å²) < 4.78 is 1.65. The average molecular weight is 285 g/mol. The Balaban J connectivity index is 2.15. The van der Waals surface area contributed by atoms with Gasteiger partial charge in [-0.3, -0.25) is 14.8 Å². The highest BCUT2D eigenvalue weighted by atomic mass is 16.6. The van der Waals surface area contributed by atoms with Gasteiger partial charge in [0.05, 0.1) is 16.4 Å². The monoisotopic (exact) mass is 285 g/mol. The molecule has 0 radical (unpaired) electrons. The molecule has 0 unspecified atom stereocenters. The van der Waals surface area contributed by atoms with E-state index < -0.39 is 10.3 Å². The molecule has 0 saturated heterocycles. The summed E-state index contributed by atoms with van der Waals surface area (Å²) in [6, 6.07) is 8.44. The van der Waals surface area contributed by atoms with E-state index in [2.05, 4.69) is 16.2 Å². The molecule has 0 amide bonds. The Labute approximate surface area is 122 Å². The Morgan fingerprint density at radius 2 is 2.24 bits per heavy atom. The molecule has 0 saturated carbocycles. The van der Waals surface area contributed by atoms with Gasteiger partial charge in [0, 0.05) is 24.2 Å². The lowest BCUT2D eigenvalue weighted by molar-refractivity contribution is -0.384. The van der Waals surface area contributed by atoms with Gasteiger partial charge in [-0.2, -0.15) is 10.4 Å². The summed E-state index contributed by atoms with van der Waals surface area (Å²) in [7, 11) is 0. The second kappa shape index (κ2) is 5.71. The summed E-state index contributed by atoms with van der Waals surface area (Å²) in [5.74, 6) is 0.438. The summed E-state index contributed by atoms with van der Waals surface area (Å²) in [4.78, 5) is 14.5. The largest absolute Gasteiger partial charge is 0.270 e. The number of hydrogen-bond acceptors (Lipinski definition) is 5. The normalized spacial score (nSPS) is 11.1. The molecule has 1 heterocycles. The number of benzene rings is 1. The van der Waals surface area contributed by atoms with E-state index in [9.17, 15) is 10.1 Å². The van der Waals surface area contributed by atoms with Crippen LogP contribution in [-0.2, 0) is 6.54 Å². The Hall–Kier alpha value is -2.75. The van der Waals surface area contributed by atoms with Gasteiger partial charge in [-0.25, -0.2) is 4.98 Å². The highest BCUT2D eigenvalue weighted by Gasteiger charge is 2.17. The summed E-state index contributed by atoms with van der Waals surface area (Å²) in [6.45, 7) is 4.30. The first-order valence-electron chi connectivity index (χ1n) is 6.47. The van der Waals surface area contributed by atoms with Crippen molar-refractivity contribution in [1.82, 2.24) is 14.8 Å². The van der Waals surface area contributed by atoms with Crippen molar-refractivity contribution in [2.24, 2.45) is 5.41 Å². The number of nitro benzene ring substituents is 1. The predicted molar refractivity (Wildman–Crippen MR) is 76.1 cm³/mol. The molecule has 7 nitrogen and oxygen atoms in total. The first-order valence-corrected chi connectivity index (χ1v) is 6.47. The van der Waals surface area contributed by atoms with Crippen molar-refractivity contribution in [3.05, 3.63) is 40.7 Å². The fraction of sp³-hybridized carbons (Fsp3) is 0.357. The molecule has 0 atom stereocenters. The molecule has 0 fully saturated rings. The van der Waals surface area contributed by atoms with Crippen molar-refractivity contribution in [3.8, 4) is 17.5 Å². The zero-order valence-corrected chi connectivity index (χ0v) is 11.9. The van der Waals surface area contributed by atoms with Crippen LogP contribution in [0.5, 0.6) is 0 Å². The molecule has 1 aromatic heterocycles. The topological polar surface area (TPSA) is 97.6 Å². The van der Waals surface area contributed by atoms with E-state index in [0.29, 0.717) is 24.4 Å². The van der Waals surface area contributed by atoms with E-state index in [-0.39, 0.29) is 5.69 Å². The molecule has 2 aromatic rings. The standard InChI is InChI=1S/C14H15N5O2/c1-14(2,9-15)6-7-18-10-16-13(17-18)11-4-3-5-12(8-11)19(20)21/h3-5,8,10H,6-7H2,1-2H3. The van der Waals surface area contributed by atoms with E-state index >= 15 is 0 Å². The first-order chi connectivity index (χ1) is 9.91. The second-order valence-electron chi connectivity index (χ2n) is 5.38. The summed E-state index contributed by atoms with van der Waals surface area (Å²) in [5, 5.41) is 24.0.